The number of methoxy groups -OCH3 is 3. The molecular weight excluding hydrogens is 531 g/mol. The molecule has 4 aromatic rings. The summed E-state index contributed by atoms with van der Waals surface area (Å²) in [5, 5.41) is 1.05. The van der Waals surface area contributed by atoms with E-state index < -0.39 is 0 Å². The van der Waals surface area contributed by atoms with Crippen LogP contribution in [0.3, 0.4) is 0 Å². The second-order valence-electron chi connectivity index (χ2n) is 8.34. The molecule has 7 heteroatoms. The molecule has 4 nitrogen and oxygen atoms in total. The van der Waals surface area contributed by atoms with Crippen LogP contribution in [0.25, 0.3) is 0 Å². The molecule has 4 rings (SSSR count). The number of rotatable bonds is 11. The predicted molar refractivity (Wildman–Crippen MR) is 163 cm³/mol. The summed E-state index contributed by atoms with van der Waals surface area (Å²) in [5.41, 5.74) is 2.17. The van der Waals surface area contributed by atoms with Crippen molar-refractivity contribution in [2.24, 2.45) is 4.99 Å². The van der Waals surface area contributed by atoms with Gasteiger partial charge in [0.05, 0.1) is 36.6 Å². The van der Waals surface area contributed by atoms with Gasteiger partial charge in [0.2, 0.25) is 0 Å². The quantitative estimate of drug-likeness (QED) is 0.0787. The zero-order valence-electron chi connectivity index (χ0n) is 21.9. The highest BCUT2D eigenvalue weighted by Gasteiger charge is 2.18. The molecule has 0 unspecified atom stereocenters. The maximum Gasteiger partial charge on any atom is 0.118 e. The van der Waals surface area contributed by atoms with E-state index in [1.165, 1.54) is 15.4 Å². The Kier molecular flexibility index (Phi) is 10.5. The molecule has 4 aromatic carbocycles. The van der Waals surface area contributed by atoms with Gasteiger partial charge in [-0.15, -0.1) is 23.5 Å². The van der Waals surface area contributed by atoms with E-state index in [1.54, 1.807) is 33.1 Å². The van der Waals surface area contributed by atoms with Crippen LogP contribution in [0.1, 0.15) is 12.0 Å². The van der Waals surface area contributed by atoms with E-state index in [4.69, 9.17) is 19.2 Å². The first-order chi connectivity index (χ1) is 18.5. The van der Waals surface area contributed by atoms with Gasteiger partial charge in [0.25, 0.3) is 0 Å². The van der Waals surface area contributed by atoms with E-state index in [2.05, 4.69) is 67.6 Å². The average molecular weight is 562 g/mol. The number of aliphatic imine (C=N–C) groups is 1. The Morgan fingerprint density at radius 3 is 1.45 bits per heavy atom. The van der Waals surface area contributed by atoms with E-state index in [0.29, 0.717) is 0 Å². The van der Waals surface area contributed by atoms with Crippen LogP contribution < -0.4 is 14.2 Å². The Labute approximate surface area is 238 Å². The molecular formula is C31H31NO3S3. The number of ether oxygens (including phenoxy) is 3. The maximum absolute atomic E-state index is 5.36. The van der Waals surface area contributed by atoms with Gasteiger partial charge in [-0.2, -0.15) is 0 Å². The third-order valence-corrected chi connectivity index (χ3v) is 9.10. The van der Waals surface area contributed by atoms with Crippen molar-refractivity contribution in [3.05, 3.63) is 103 Å². The van der Waals surface area contributed by atoms with Crippen molar-refractivity contribution >= 4 is 46.0 Å². The Balaban J connectivity index is 1.63. The molecule has 0 bridgehead atoms. The number of nitrogens with zero attached hydrogens (tertiary/aromatic N) is 1. The predicted octanol–water partition coefficient (Wildman–Crippen LogP) is 9.14. The average Bonchev–Trinajstić information content (AvgIpc) is 2.95. The van der Waals surface area contributed by atoms with Crippen molar-refractivity contribution in [2.75, 3.05) is 21.3 Å². The van der Waals surface area contributed by atoms with Crippen LogP contribution >= 0.6 is 35.3 Å². The molecule has 0 spiro atoms. The summed E-state index contributed by atoms with van der Waals surface area (Å²) in [6, 6.07) is 32.9. The normalized spacial score (nSPS) is 11.4. The molecule has 0 aliphatic rings. The van der Waals surface area contributed by atoms with Gasteiger partial charge in [-0.05, 0) is 91.9 Å². The molecule has 0 atom stereocenters. The molecule has 0 N–H and O–H groups in total. The molecule has 0 fully saturated rings. The lowest BCUT2D eigenvalue weighted by Gasteiger charge is -2.18. The van der Waals surface area contributed by atoms with Crippen LogP contribution in [0.4, 0.5) is 5.69 Å². The molecule has 0 aliphatic carbocycles. The van der Waals surface area contributed by atoms with Gasteiger partial charge < -0.3 is 14.2 Å². The van der Waals surface area contributed by atoms with Gasteiger partial charge >= 0.3 is 0 Å². The Hall–Kier alpha value is -3.00. The smallest absolute Gasteiger partial charge is 0.118 e. The van der Waals surface area contributed by atoms with E-state index in [1.807, 2.05) is 59.9 Å². The fourth-order valence-corrected chi connectivity index (χ4v) is 7.21. The van der Waals surface area contributed by atoms with Crippen LogP contribution in [0.15, 0.2) is 117 Å². The zero-order chi connectivity index (χ0) is 26.7. The van der Waals surface area contributed by atoms with Crippen LogP contribution in [0, 0.1) is 6.92 Å². The SMILES string of the molecule is COc1ccc(SC(CC(Sc2ccc(OC)cc2)Sc2ccc(OC)cc2)=Nc2ccc(C)cc2)cc1. The molecule has 0 saturated carbocycles. The molecule has 0 radical (unpaired) electrons. The van der Waals surface area contributed by atoms with Crippen molar-refractivity contribution in [3.63, 3.8) is 0 Å². The van der Waals surface area contributed by atoms with Crippen LogP contribution in [0.5, 0.6) is 17.2 Å². The molecule has 0 saturated heterocycles. The Morgan fingerprint density at radius 1 is 0.605 bits per heavy atom. The second kappa shape index (κ2) is 14.2. The van der Waals surface area contributed by atoms with Gasteiger partial charge in [0.15, 0.2) is 0 Å². The number of thioether (sulfide) groups is 3. The third-order valence-electron chi connectivity index (χ3n) is 5.58. The number of hydrogen-bond donors (Lipinski definition) is 0. The summed E-state index contributed by atoms with van der Waals surface area (Å²) in [7, 11) is 5.06. The van der Waals surface area contributed by atoms with Crippen molar-refractivity contribution in [3.8, 4) is 17.2 Å². The number of benzene rings is 4. The van der Waals surface area contributed by atoms with E-state index in [0.717, 1.165) is 39.3 Å². The van der Waals surface area contributed by atoms with Crippen molar-refractivity contribution in [1.29, 1.82) is 0 Å². The highest BCUT2D eigenvalue weighted by Crippen LogP contribution is 2.41. The molecule has 0 amide bonds. The number of hydrogen-bond acceptors (Lipinski definition) is 7. The summed E-state index contributed by atoms with van der Waals surface area (Å²) in [6.45, 7) is 2.09. The maximum atomic E-state index is 5.36. The summed E-state index contributed by atoms with van der Waals surface area (Å²) in [5.74, 6) is 2.55. The molecule has 0 aromatic heterocycles. The minimum Gasteiger partial charge on any atom is -0.497 e. The molecule has 38 heavy (non-hydrogen) atoms. The lowest BCUT2D eigenvalue weighted by Crippen LogP contribution is -2.05. The van der Waals surface area contributed by atoms with E-state index in [-0.39, 0.29) is 4.58 Å². The monoisotopic (exact) mass is 561 g/mol. The fraction of sp³-hybridized carbons (Fsp3) is 0.194. The largest absolute Gasteiger partial charge is 0.497 e. The first kappa shape index (κ1) is 28.0. The summed E-state index contributed by atoms with van der Waals surface area (Å²) >= 11 is 5.36. The van der Waals surface area contributed by atoms with Crippen molar-refractivity contribution in [2.45, 2.75) is 32.6 Å². The Bertz CT molecular complexity index is 1260. The van der Waals surface area contributed by atoms with Gasteiger partial charge in [-0.1, -0.05) is 29.5 Å². The first-order valence-electron chi connectivity index (χ1n) is 12.1. The first-order valence-corrected chi connectivity index (χ1v) is 14.7. The minimum atomic E-state index is 0.187. The molecule has 196 valence electrons. The molecule has 0 heterocycles. The number of aryl methyl sites for hydroxylation is 1. The van der Waals surface area contributed by atoms with Crippen molar-refractivity contribution in [1.82, 2.24) is 0 Å². The molecule has 0 aliphatic heterocycles. The summed E-state index contributed by atoms with van der Waals surface area (Å²) in [4.78, 5) is 8.58. The lowest BCUT2D eigenvalue weighted by atomic mass is 10.2. The van der Waals surface area contributed by atoms with E-state index in [9.17, 15) is 0 Å². The zero-order valence-corrected chi connectivity index (χ0v) is 24.4. The summed E-state index contributed by atoms with van der Waals surface area (Å²) < 4.78 is 16.2. The minimum absolute atomic E-state index is 0.187. The topological polar surface area (TPSA) is 40.0 Å². The van der Waals surface area contributed by atoms with Gasteiger partial charge in [0, 0.05) is 21.1 Å². The van der Waals surface area contributed by atoms with Crippen LogP contribution in [-0.2, 0) is 0 Å². The summed E-state index contributed by atoms with van der Waals surface area (Å²) in [6.07, 6.45) is 0.776. The Morgan fingerprint density at radius 2 is 1.03 bits per heavy atom. The van der Waals surface area contributed by atoms with Crippen molar-refractivity contribution < 1.29 is 14.2 Å². The van der Waals surface area contributed by atoms with Crippen LogP contribution in [-0.4, -0.2) is 31.0 Å². The van der Waals surface area contributed by atoms with Gasteiger partial charge in [-0.3, -0.25) is 0 Å². The standard InChI is InChI=1S/C31H31NO3S3/c1-22-5-7-23(8-6-22)32-30(36-27-15-9-24(33-2)10-16-27)21-31(37-28-17-11-25(34-3)12-18-28)38-29-19-13-26(35-4)14-20-29/h5-20,31H,21H2,1-4H3. The van der Waals surface area contributed by atoms with Gasteiger partial charge in [-0.25, -0.2) is 4.99 Å². The fourth-order valence-electron chi connectivity index (χ4n) is 3.52. The lowest BCUT2D eigenvalue weighted by molar-refractivity contribution is 0.414. The van der Waals surface area contributed by atoms with E-state index >= 15 is 0 Å². The highest BCUT2D eigenvalue weighted by atomic mass is 32.2. The third kappa shape index (κ3) is 8.51. The van der Waals surface area contributed by atoms with Gasteiger partial charge in [0.1, 0.15) is 17.2 Å². The highest BCUT2D eigenvalue weighted by molar-refractivity contribution is 8.17. The second-order valence-corrected chi connectivity index (χ2v) is 12.3. The van der Waals surface area contributed by atoms with Crippen LogP contribution in [0.2, 0.25) is 0 Å².